The number of nitrogens with zero attached hydrogens (tertiary/aromatic N) is 2. The molecule has 0 aliphatic carbocycles. The van der Waals surface area contributed by atoms with Gasteiger partial charge >= 0.3 is 0 Å². The Kier molecular flexibility index (Phi) is 4.56. The molecule has 0 amide bonds. The van der Waals surface area contributed by atoms with E-state index in [9.17, 15) is 0 Å². The van der Waals surface area contributed by atoms with Gasteiger partial charge < -0.3 is 5.32 Å². The maximum absolute atomic E-state index is 6.02. The summed E-state index contributed by atoms with van der Waals surface area (Å²) in [7, 11) is 0. The lowest BCUT2D eigenvalue weighted by molar-refractivity contribution is 1.14. The fourth-order valence-corrected chi connectivity index (χ4v) is 2.41. The van der Waals surface area contributed by atoms with E-state index in [1.807, 2.05) is 30.5 Å². The molecule has 110 valence electrons. The average molecular weight is 330 g/mol. The highest BCUT2D eigenvalue weighted by Gasteiger charge is 2.02. The third-order valence-electron chi connectivity index (χ3n) is 3.23. The Morgan fingerprint density at radius 1 is 0.818 bits per heavy atom. The van der Waals surface area contributed by atoms with Crippen molar-refractivity contribution in [2.45, 2.75) is 6.54 Å². The summed E-state index contributed by atoms with van der Waals surface area (Å²) in [6.07, 6.45) is 7.16. The third kappa shape index (κ3) is 3.56. The Labute approximate surface area is 139 Å². The van der Waals surface area contributed by atoms with Gasteiger partial charge in [0.25, 0.3) is 0 Å². The van der Waals surface area contributed by atoms with Gasteiger partial charge in [-0.15, -0.1) is 0 Å². The number of halogens is 2. The predicted octanol–water partition coefficient (Wildman–Crippen LogP) is 5.06. The summed E-state index contributed by atoms with van der Waals surface area (Å²) in [6.45, 7) is 0.651. The topological polar surface area (TPSA) is 37.8 Å². The predicted molar refractivity (Wildman–Crippen MR) is 91.3 cm³/mol. The molecule has 0 saturated heterocycles. The maximum Gasteiger partial charge on any atom is 0.0595 e. The second-order valence-electron chi connectivity index (χ2n) is 4.80. The van der Waals surface area contributed by atoms with Gasteiger partial charge in [-0.05, 0) is 41.5 Å². The summed E-state index contributed by atoms with van der Waals surface area (Å²) < 4.78 is 0. The van der Waals surface area contributed by atoms with Crippen LogP contribution in [0.3, 0.4) is 0 Å². The van der Waals surface area contributed by atoms with Crippen LogP contribution in [-0.4, -0.2) is 9.97 Å². The molecule has 0 aliphatic rings. The van der Waals surface area contributed by atoms with Gasteiger partial charge in [0.05, 0.1) is 15.7 Å². The first kappa shape index (κ1) is 14.8. The molecule has 3 rings (SSSR count). The first-order chi connectivity index (χ1) is 10.7. The summed E-state index contributed by atoms with van der Waals surface area (Å²) >= 11 is 11.9. The molecule has 0 atom stereocenters. The van der Waals surface area contributed by atoms with Crippen LogP contribution in [0.5, 0.6) is 0 Å². The van der Waals surface area contributed by atoms with Crippen LogP contribution in [0.4, 0.5) is 5.69 Å². The van der Waals surface area contributed by atoms with Gasteiger partial charge in [0, 0.05) is 36.9 Å². The van der Waals surface area contributed by atoms with Crippen molar-refractivity contribution >= 4 is 28.9 Å². The van der Waals surface area contributed by atoms with Gasteiger partial charge in [-0.25, -0.2) is 0 Å². The van der Waals surface area contributed by atoms with E-state index >= 15 is 0 Å². The molecule has 3 aromatic rings. The molecule has 1 N–H and O–H groups in total. The van der Waals surface area contributed by atoms with E-state index in [-0.39, 0.29) is 0 Å². The fourth-order valence-electron chi connectivity index (χ4n) is 2.09. The average Bonchev–Trinajstić information content (AvgIpc) is 2.57. The molecular formula is C17H13Cl2N3. The highest BCUT2D eigenvalue weighted by Crippen LogP contribution is 2.24. The van der Waals surface area contributed by atoms with Crippen LogP contribution in [0.25, 0.3) is 11.1 Å². The Bertz CT molecular complexity index is 776. The van der Waals surface area contributed by atoms with Crippen LogP contribution in [0, 0.1) is 0 Å². The highest BCUT2D eigenvalue weighted by molar-refractivity contribution is 6.42. The molecule has 0 radical (unpaired) electrons. The lowest BCUT2D eigenvalue weighted by atomic mass is 10.1. The van der Waals surface area contributed by atoms with Gasteiger partial charge in [-0.1, -0.05) is 29.3 Å². The lowest BCUT2D eigenvalue weighted by Gasteiger charge is -2.09. The summed E-state index contributed by atoms with van der Waals surface area (Å²) in [5, 5.41) is 4.46. The van der Waals surface area contributed by atoms with E-state index in [0.717, 1.165) is 22.4 Å². The number of rotatable bonds is 4. The number of hydrogen-bond acceptors (Lipinski definition) is 3. The largest absolute Gasteiger partial charge is 0.380 e. The van der Waals surface area contributed by atoms with Crippen LogP contribution in [0.1, 0.15) is 5.56 Å². The molecule has 3 nitrogen and oxygen atoms in total. The van der Waals surface area contributed by atoms with Gasteiger partial charge in [-0.3, -0.25) is 9.97 Å². The Morgan fingerprint density at radius 2 is 1.64 bits per heavy atom. The van der Waals surface area contributed by atoms with Crippen molar-refractivity contribution in [3.05, 3.63) is 76.8 Å². The fraction of sp³-hybridized carbons (Fsp3) is 0.0588. The second kappa shape index (κ2) is 6.77. The standard InChI is InChI=1S/C17H13Cl2N3/c18-16-2-1-12(7-17(16)19)9-22-15-8-14(10-21-11-15)13-3-5-20-6-4-13/h1-8,10-11,22H,9H2. The van der Waals surface area contributed by atoms with E-state index in [0.29, 0.717) is 16.6 Å². The van der Waals surface area contributed by atoms with Crippen molar-refractivity contribution in [3.8, 4) is 11.1 Å². The molecule has 5 heteroatoms. The number of anilines is 1. The first-order valence-corrected chi connectivity index (χ1v) is 7.51. The molecule has 0 spiro atoms. The lowest BCUT2D eigenvalue weighted by Crippen LogP contribution is -2.00. The smallest absolute Gasteiger partial charge is 0.0595 e. The minimum Gasteiger partial charge on any atom is -0.380 e. The van der Waals surface area contributed by atoms with Crippen molar-refractivity contribution in [2.24, 2.45) is 0 Å². The Morgan fingerprint density at radius 3 is 2.41 bits per heavy atom. The van der Waals surface area contributed by atoms with Crippen LogP contribution in [0.2, 0.25) is 10.0 Å². The zero-order valence-corrected chi connectivity index (χ0v) is 13.1. The SMILES string of the molecule is Clc1ccc(CNc2cncc(-c3ccncc3)c2)cc1Cl. The summed E-state index contributed by atoms with van der Waals surface area (Å²) in [5.74, 6) is 0. The molecule has 0 aliphatic heterocycles. The number of benzene rings is 1. The number of nitrogens with one attached hydrogen (secondary N) is 1. The van der Waals surface area contributed by atoms with Gasteiger partial charge in [0.1, 0.15) is 0 Å². The van der Waals surface area contributed by atoms with E-state index in [1.165, 1.54) is 0 Å². The van der Waals surface area contributed by atoms with Crippen LogP contribution in [0.15, 0.2) is 61.2 Å². The molecule has 1 aromatic carbocycles. The summed E-state index contributed by atoms with van der Waals surface area (Å²) in [5.41, 5.74) is 4.13. The van der Waals surface area contributed by atoms with E-state index < -0.39 is 0 Å². The summed E-state index contributed by atoms with van der Waals surface area (Å²) in [6, 6.07) is 11.6. The molecule has 22 heavy (non-hydrogen) atoms. The summed E-state index contributed by atoms with van der Waals surface area (Å²) in [4.78, 5) is 8.30. The molecule has 0 unspecified atom stereocenters. The van der Waals surface area contributed by atoms with Crippen molar-refractivity contribution < 1.29 is 0 Å². The minimum absolute atomic E-state index is 0.560. The van der Waals surface area contributed by atoms with Gasteiger partial charge in [-0.2, -0.15) is 0 Å². The quantitative estimate of drug-likeness (QED) is 0.726. The van der Waals surface area contributed by atoms with Crippen molar-refractivity contribution in [3.63, 3.8) is 0 Å². The van der Waals surface area contributed by atoms with Crippen molar-refractivity contribution in [2.75, 3.05) is 5.32 Å². The molecular weight excluding hydrogens is 317 g/mol. The highest BCUT2D eigenvalue weighted by atomic mass is 35.5. The molecule has 0 fully saturated rings. The van der Waals surface area contributed by atoms with Gasteiger partial charge in [0.15, 0.2) is 0 Å². The normalized spacial score (nSPS) is 10.5. The van der Waals surface area contributed by atoms with Crippen molar-refractivity contribution in [1.29, 1.82) is 0 Å². The molecule has 0 saturated carbocycles. The molecule has 0 bridgehead atoms. The second-order valence-corrected chi connectivity index (χ2v) is 5.61. The number of hydrogen-bond donors (Lipinski definition) is 1. The monoisotopic (exact) mass is 329 g/mol. The van der Waals surface area contributed by atoms with E-state index in [4.69, 9.17) is 23.2 Å². The Hall–Kier alpha value is -2.10. The number of aromatic nitrogens is 2. The van der Waals surface area contributed by atoms with Crippen LogP contribution < -0.4 is 5.32 Å². The zero-order chi connectivity index (χ0) is 15.4. The van der Waals surface area contributed by atoms with E-state index in [2.05, 4.69) is 21.4 Å². The van der Waals surface area contributed by atoms with Crippen LogP contribution >= 0.6 is 23.2 Å². The van der Waals surface area contributed by atoms with Crippen molar-refractivity contribution in [1.82, 2.24) is 9.97 Å². The molecule has 2 heterocycles. The Balaban J connectivity index is 1.74. The van der Waals surface area contributed by atoms with Gasteiger partial charge in [0.2, 0.25) is 0 Å². The van der Waals surface area contributed by atoms with Crippen LogP contribution in [-0.2, 0) is 6.54 Å². The van der Waals surface area contributed by atoms with E-state index in [1.54, 1.807) is 24.7 Å². The zero-order valence-electron chi connectivity index (χ0n) is 11.6. The minimum atomic E-state index is 0.560. The maximum atomic E-state index is 6.02. The number of pyridine rings is 2. The first-order valence-electron chi connectivity index (χ1n) is 6.75. The molecule has 2 aromatic heterocycles. The third-order valence-corrected chi connectivity index (χ3v) is 3.97.